The zero-order valence-electron chi connectivity index (χ0n) is 16.9. The summed E-state index contributed by atoms with van der Waals surface area (Å²) in [7, 11) is 0. The van der Waals surface area contributed by atoms with Crippen LogP contribution < -0.4 is 4.90 Å². The number of hydrogen-bond acceptors (Lipinski definition) is 5. The number of benzene rings is 1. The standard InChI is InChI=1S/C21H27F2N3O4/c22-16-12-15(13-17(23)18(16)24-8-10-30-11-9-24)19(27)26-7-3-4-21(29,14-26)20(28)25-5-1-2-6-25/h12-13,29H,1-11,14H2. The van der Waals surface area contributed by atoms with Crippen molar-refractivity contribution in [1.82, 2.24) is 9.80 Å². The number of aliphatic hydroxyl groups is 1. The third kappa shape index (κ3) is 4.00. The summed E-state index contributed by atoms with van der Waals surface area (Å²) in [4.78, 5) is 30.2. The highest BCUT2D eigenvalue weighted by Crippen LogP contribution is 2.29. The molecule has 0 saturated carbocycles. The fourth-order valence-corrected chi connectivity index (χ4v) is 4.56. The lowest BCUT2D eigenvalue weighted by Gasteiger charge is -2.40. The van der Waals surface area contributed by atoms with Gasteiger partial charge in [0.1, 0.15) is 17.3 Å². The molecule has 1 N–H and O–H groups in total. The third-order valence-electron chi connectivity index (χ3n) is 6.14. The Balaban J connectivity index is 1.51. The molecule has 1 atom stereocenters. The first kappa shape index (κ1) is 21.0. The molecule has 1 unspecified atom stereocenters. The van der Waals surface area contributed by atoms with Gasteiger partial charge < -0.3 is 24.5 Å². The van der Waals surface area contributed by atoms with Gasteiger partial charge in [0.05, 0.1) is 19.8 Å². The zero-order chi connectivity index (χ0) is 21.3. The highest BCUT2D eigenvalue weighted by molar-refractivity contribution is 5.96. The maximum Gasteiger partial charge on any atom is 0.256 e. The highest BCUT2D eigenvalue weighted by atomic mass is 19.1. The van der Waals surface area contributed by atoms with Gasteiger partial charge in [-0.2, -0.15) is 0 Å². The maximum atomic E-state index is 14.7. The van der Waals surface area contributed by atoms with Crippen LogP contribution in [0, 0.1) is 11.6 Å². The number of amides is 2. The van der Waals surface area contributed by atoms with Crippen LogP contribution in [0.5, 0.6) is 0 Å². The molecule has 2 amide bonds. The van der Waals surface area contributed by atoms with Gasteiger partial charge in [0.2, 0.25) is 0 Å². The lowest BCUT2D eigenvalue weighted by Crippen LogP contribution is -2.58. The number of likely N-dealkylation sites (tertiary alicyclic amines) is 2. The molecule has 3 aliphatic rings. The van der Waals surface area contributed by atoms with Crippen LogP contribution in [0.2, 0.25) is 0 Å². The summed E-state index contributed by atoms with van der Waals surface area (Å²) in [5.74, 6) is -2.56. The van der Waals surface area contributed by atoms with E-state index in [0.717, 1.165) is 25.0 Å². The van der Waals surface area contributed by atoms with Gasteiger partial charge >= 0.3 is 0 Å². The van der Waals surface area contributed by atoms with Crippen molar-refractivity contribution in [2.24, 2.45) is 0 Å². The molecule has 3 saturated heterocycles. The van der Waals surface area contributed by atoms with E-state index in [1.807, 2.05) is 0 Å². The normalized spacial score (nSPS) is 25.0. The molecule has 164 valence electrons. The first-order valence-electron chi connectivity index (χ1n) is 10.5. The smallest absolute Gasteiger partial charge is 0.256 e. The number of rotatable bonds is 3. The number of ether oxygens (including phenoxy) is 1. The molecule has 30 heavy (non-hydrogen) atoms. The van der Waals surface area contributed by atoms with E-state index in [-0.39, 0.29) is 30.1 Å². The molecular weight excluding hydrogens is 396 g/mol. The zero-order valence-corrected chi connectivity index (χ0v) is 16.9. The minimum absolute atomic E-state index is 0.125. The van der Waals surface area contributed by atoms with Crippen molar-refractivity contribution in [3.63, 3.8) is 0 Å². The van der Waals surface area contributed by atoms with E-state index >= 15 is 0 Å². The van der Waals surface area contributed by atoms with E-state index in [9.17, 15) is 23.5 Å². The molecule has 0 spiro atoms. The fraction of sp³-hybridized carbons (Fsp3) is 0.619. The molecule has 0 aromatic heterocycles. The van der Waals surface area contributed by atoms with Gasteiger partial charge in [0.15, 0.2) is 5.60 Å². The maximum absolute atomic E-state index is 14.7. The first-order valence-corrected chi connectivity index (χ1v) is 10.5. The van der Waals surface area contributed by atoms with Crippen LogP contribution >= 0.6 is 0 Å². The Hall–Kier alpha value is -2.26. The number of anilines is 1. The molecule has 1 aromatic carbocycles. The van der Waals surface area contributed by atoms with Crippen LogP contribution in [0.15, 0.2) is 12.1 Å². The molecular formula is C21H27F2N3O4. The minimum Gasteiger partial charge on any atom is -0.378 e. The summed E-state index contributed by atoms with van der Waals surface area (Å²) in [5, 5.41) is 10.9. The largest absolute Gasteiger partial charge is 0.378 e. The number of hydrogen-bond donors (Lipinski definition) is 1. The molecule has 1 aromatic rings. The van der Waals surface area contributed by atoms with Crippen molar-refractivity contribution in [1.29, 1.82) is 0 Å². The van der Waals surface area contributed by atoms with E-state index in [2.05, 4.69) is 0 Å². The van der Waals surface area contributed by atoms with Gasteiger partial charge in [-0.05, 0) is 37.8 Å². The number of halogens is 2. The first-order chi connectivity index (χ1) is 14.4. The van der Waals surface area contributed by atoms with E-state index in [1.165, 1.54) is 4.90 Å². The Labute approximate surface area is 174 Å². The summed E-state index contributed by atoms with van der Waals surface area (Å²) in [6.07, 6.45) is 2.51. The Morgan fingerprint density at radius 3 is 2.17 bits per heavy atom. The number of nitrogens with zero attached hydrogens (tertiary/aromatic N) is 3. The highest BCUT2D eigenvalue weighted by Gasteiger charge is 2.44. The second-order valence-corrected chi connectivity index (χ2v) is 8.25. The van der Waals surface area contributed by atoms with Crippen LogP contribution in [-0.4, -0.2) is 84.8 Å². The number of piperidine rings is 1. The minimum atomic E-state index is -1.65. The molecule has 0 radical (unpaired) electrons. The summed E-state index contributed by atoms with van der Waals surface area (Å²) >= 11 is 0. The van der Waals surface area contributed by atoms with E-state index in [0.29, 0.717) is 52.4 Å². The molecule has 0 aliphatic carbocycles. The van der Waals surface area contributed by atoms with Crippen LogP contribution in [0.3, 0.4) is 0 Å². The second-order valence-electron chi connectivity index (χ2n) is 8.25. The van der Waals surface area contributed by atoms with Crippen molar-refractivity contribution in [3.8, 4) is 0 Å². The Morgan fingerprint density at radius 2 is 1.53 bits per heavy atom. The Kier molecular flexibility index (Phi) is 5.92. The van der Waals surface area contributed by atoms with Gasteiger partial charge in [-0.15, -0.1) is 0 Å². The van der Waals surface area contributed by atoms with Gasteiger partial charge in [0.25, 0.3) is 11.8 Å². The van der Waals surface area contributed by atoms with Crippen molar-refractivity contribution in [2.45, 2.75) is 31.3 Å². The van der Waals surface area contributed by atoms with Gasteiger partial charge in [0, 0.05) is 38.3 Å². The van der Waals surface area contributed by atoms with Crippen molar-refractivity contribution < 1.29 is 28.2 Å². The van der Waals surface area contributed by atoms with Crippen LogP contribution in [0.25, 0.3) is 0 Å². The Bertz CT molecular complexity index is 801. The number of carbonyl (C=O) groups is 2. The summed E-state index contributed by atoms with van der Waals surface area (Å²) < 4.78 is 34.6. The monoisotopic (exact) mass is 423 g/mol. The number of β-amino-alcohol motifs (C(OH)–C–C–N with tert-alkyl or cyclic N) is 1. The predicted octanol–water partition coefficient (Wildman–Crippen LogP) is 1.39. The molecule has 3 aliphatic heterocycles. The van der Waals surface area contributed by atoms with Crippen LogP contribution in [0.1, 0.15) is 36.0 Å². The van der Waals surface area contributed by atoms with Gasteiger partial charge in [-0.3, -0.25) is 9.59 Å². The molecule has 3 fully saturated rings. The molecule has 3 heterocycles. The van der Waals surface area contributed by atoms with Crippen molar-refractivity contribution in [2.75, 3.05) is 57.4 Å². The summed E-state index contributed by atoms with van der Waals surface area (Å²) in [6.45, 7) is 2.88. The molecule has 4 rings (SSSR count). The third-order valence-corrected chi connectivity index (χ3v) is 6.14. The lowest BCUT2D eigenvalue weighted by molar-refractivity contribution is -0.154. The SMILES string of the molecule is O=C(c1cc(F)c(N2CCOCC2)c(F)c1)N1CCCC(O)(C(=O)N2CCCC2)C1. The summed E-state index contributed by atoms with van der Waals surface area (Å²) in [6, 6.07) is 2.07. The molecule has 7 nitrogen and oxygen atoms in total. The number of morpholine rings is 1. The van der Waals surface area contributed by atoms with Gasteiger partial charge in [-0.1, -0.05) is 0 Å². The fourth-order valence-electron chi connectivity index (χ4n) is 4.56. The van der Waals surface area contributed by atoms with Crippen LogP contribution in [-0.2, 0) is 9.53 Å². The van der Waals surface area contributed by atoms with Crippen molar-refractivity contribution >= 4 is 17.5 Å². The molecule has 9 heteroatoms. The quantitative estimate of drug-likeness (QED) is 0.796. The van der Waals surface area contributed by atoms with E-state index in [1.54, 1.807) is 9.80 Å². The second kappa shape index (κ2) is 8.47. The number of carbonyl (C=O) groups excluding carboxylic acids is 2. The van der Waals surface area contributed by atoms with E-state index < -0.39 is 23.1 Å². The Morgan fingerprint density at radius 1 is 0.933 bits per heavy atom. The van der Waals surface area contributed by atoms with Gasteiger partial charge in [-0.25, -0.2) is 8.78 Å². The van der Waals surface area contributed by atoms with E-state index in [4.69, 9.17) is 4.74 Å². The summed E-state index contributed by atoms with van der Waals surface area (Å²) in [5.41, 5.74) is -1.93. The van der Waals surface area contributed by atoms with Crippen LogP contribution in [0.4, 0.5) is 14.5 Å². The predicted molar refractivity (Wildman–Crippen MR) is 105 cm³/mol. The lowest BCUT2D eigenvalue weighted by atomic mass is 9.90. The van der Waals surface area contributed by atoms with Crippen molar-refractivity contribution in [3.05, 3.63) is 29.3 Å². The topological polar surface area (TPSA) is 73.3 Å². The molecule has 0 bridgehead atoms. The average molecular weight is 423 g/mol. The average Bonchev–Trinajstić information content (AvgIpc) is 3.27.